The maximum absolute atomic E-state index is 11.3. The zero-order valence-electron chi connectivity index (χ0n) is 9.77. The fraction of sp³-hybridized carbons (Fsp3) is 0.0833. The van der Waals surface area contributed by atoms with Crippen molar-refractivity contribution in [3.8, 4) is 0 Å². The summed E-state index contributed by atoms with van der Waals surface area (Å²) in [4.78, 5) is 33.5. The van der Waals surface area contributed by atoms with Crippen LogP contribution in [0.5, 0.6) is 0 Å². The van der Waals surface area contributed by atoms with E-state index in [1.807, 2.05) is 0 Å². The summed E-state index contributed by atoms with van der Waals surface area (Å²) in [7, 11) is 0. The SMILES string of the molecule is C/C=C/C(=O)Nc1cc(C(N)=O)cc(C(N)=O)c1. The second kappa shape index (κ2) is 5.62. The van der Waals surface area contributed by atoms with Gasteiger partial charge in [-0.05, 0) is 31.2 Å². The molecule has 0 bridgehead atoms. The highest BCUT2D eigenvalue weighted by Crippen LogP contribution is 2.14. The van der Waals surface area contributed by atoms with Crippen LogP contribution in [0.15, 0.2) is 30.4 Å². The maximum atomic E-state index is 11.3. The molecule has 0 atom stereocenters. The number of allylic oxidation sites excluding steroid dienone is 1. The molecule has 0 saturated carbocycles. The molecule has 0 aliphatic heterocycles. The van der Waals surface area contributed by atoms with E-state index >= 15 is 0 Å². The molecule has 0 fully saturated rings. The fourth-order valence-electron chi connectivity index (χ4n) is 1.32. The Morgan fingerprint density at radius 2 is 1.56 bits per heavy atom. The number of primary amides is 2. The monoisotopic (exact) mass is 247 g/mol. The molecule has 6 nitrogen and oxygen atoms in total. The molecule has 0 aromatic heterocycles. The van der Waals surface area contributed by atoms with E-state index in [1.165, 1.54) is 24.3 Å². The Labute approximate surface area is 104 Å². The Morgan fingerprint density at radius 3 is 1.94 bits per heavy atom. The van der Waals surface area contributed by atoms with E-state index in [9.17, 15) is 14.4 Å². The van der Waals surface area contributed by atoms with Crippen LogP contribution in [0.2, 0.25) is 0 Å². The van der Waals surface area contributed by atoms with Gasteiger partial charge in [0.05, 0.1) is 0 Å². The van der Waals surface area contributed by atoms with Gasteiger partial charge in [-0.2, -0.15) is 0 Å². The van der Waals surface area contributed by atoms with Crippen LogP contribution in [0.25, 0.3) is 0 Å². The van der Waals surface area contributed by atoms with Gasteiger partial charge in [-0.15, -0.1) is 0 Å². The van der Waals surface area contributed by atoms with E-state index in [1.54, 1.807) is 13.0 Å². The van der Waals surface area contributed by atoms with Gasteiger partial charge in [0.1, 0.15) is 0 Å². The van der Waals surface area contributed by atoms with Gasteiger partial charge in [0.15, 0.2) is 0 Å². The third-order valence-corrected chi connectivity index (χ3v) is 2.09. The molecule has 6 heteroatoms. The molecule has 94 valence electrons. The van der Waals surface area contributed by atoms with Crippen molar-refractivity contribution in [2.24, 2.45) is 11.5 Å². The van der Waals surface area contributed by atoms with E-state index < -0.39 is 11.8 Å². The van der Waals surface area contributed by atoms with Crippen molar-refractivity contribution >= 4 is 23.4 Å². The molecular weight excluding hydrogens is 234 g/mol. The van der Waals surface area contributed by atoms with E-state index in [4.69, 9.17) is 11.5 Å². The number of nitrogens with two attached hydrogens (primary N) is 2. The van der Waals surface area contributed by atoms with Gasteiger partial charge in [-0.1, -0.05) is 6.08 Å². The molecule has 1 aromatic rings. The van der Waals surface area contributed by atoms with E-state index in [2.05, 4.69) is 5.32 Å². The zero-order valence-corrected chi connectivity index (χ0v) is 9.77. The Balaban J connectivity index is 3.15. The quantitative estimate of drug-likeness (QED) is 0.668. The topological polar surface area (TPSA) is 115 Å². The summed E-state index contributed by atoms with van der Waals surface area (Å²) in [6.45, 7) is 1.69. The highest BCUT2D eigenvalue weighted by molar-refractivity contribution is 6.03. The predicted octanol–water partition coefficient (Wildman–Crippen LogP) is 0.399. The lowest BCUT2D eigenvalue weighted by Gasteiger charge is -2.06. The molecule has 0 unspecified atom stereocenters. The van der Waals surface area contributed by atoms with Crippen LogP contribution < -0.4 is 16.8 Å². The third-order valence-electron chi connectivity index (χ3n) is 2.09. The largest absolute Gasteiger partial charge is 0.366 e. The number of benzene rings is 1. The Hall–Kier alpha value is -2.63. The van der Waals surface area contributed by atoms with E-state index in [-0.39, 0.29) is 22.7 Å². The van der Waals surface area contributed by atoms with Crippen molar-refractivity contribution in [1.29, 1.82) is 0 Å². The lowest BCUT2D eigenvalue weighted by molar-refractivity contribution is -0.111. The minimum absolute atomic E-state index is 0.0991. The zero-order chi connectivity index (χ0) is 13.7. The average molecular weight is 247 g/mol. The fourth-order valence-corrected chi connectivity index (χ4v) is 1.32. The van der Waals surface area contributed by atoms with Gasteiger partial charge < -0.3 is 16.8 Å². The normalized spacial score (nSPS) is 10.3. The number of hydrogen-bond donors (Lipinski definition) is 3. The molecule has 0 radical (unpaired) electrons. The molecule has 0 aliphatic carbocycles. The summed E-state index contributed by atoms with van der Waals surface area (Å²) in [6, 6.07) is 4.02. The molecule has 1 aromatic carbocycles. The van der Waals surface area contributed by atoms with Crippen LogP contribution in [0.1, 0.15) is 27.6 Å². The number of anilines is 1. The number of amides is 3. The van der Waals surface area contributed by atoms with Crippen LogP contribution in [0.3, 0.4) is 0 Å². The Kier molecular flexibility index (Phi) is 4.20. The first-order valence-electron chi connectivity index (χ1n) is 5.12. The molecule has 5 N–H and O–H groups in total. The van der Waals surface area contributed by atoms with Gasteiger partial charge in [0.2, 0.25) is 17.7 Å². The van der Waals surface area contributed by atoms with Gasteiger partial charge >= 0.3 is 0 Å². The first-order chi connectivity index (χ1) is 8.43. The lowest BCUT2D eigenvalue weighted by Crippen LogP contribution is -2.17. The van der Waals surface area contributed by atoms with E-state index in [0.29, 0.717) is 0 Å². The van der Waals surface area contributed by atoms with E-state index in [0.717, 1.165) is 0 Å². The lowest BCUT2D eigenvalue weighted by atomic mass is 10.1. The Morgan fingerprint density at radius 1 is 1.06 bits per heavy atom. The van der Waals surface area contributed by atoms with Crippen molar-refractivity contribution in [3.05, 3.63) is 41.5 Å². The highest BCUT2D eigenvalue weighted by Gasteiger charge is 2.09. The second-order valence-electron chi connectivity index (χ2n) is 3.52. The number of carbonyl (C=O) groups excluding carboxylic acids is 3. The predicted molar refractivity (Wildman–Crippen MR) is 66.9 cm³/mol. The average Bonchev–Trinajstić information content (AvgIpc) is 2.28. The van der Waals surface area contributed by atoms with Gasteiger partial charge in [-0.25, -0.2) is 0 Å². The van der Waals surface area contributed by atoms with Crippen molar-refractivity contribution in [2.45, 2.75) is 6.92 Å². The molecule has 0 aliphatic rings. The van der Waals surface area contributed by atoms with Crippen LogP contribution >= 0.6 is 0 Å². The van der Waals surface area contributed by atoms with Crippen LogP contribution in [-0.4, -0.2) is 17.7 Å². The first-order valence-corrected chi connectivity index (χ1v) is 5.12. The summed E-state index contributed by atoms with van der Waals surface area (Å²) < 4.78 is 0. The van der Waals surface area contributed by atoms with Gasteiger partial charge in [0.25, 0.3) is 0 Å². The Bertz CT molecular complexity index is 503. The standard InChI is InChI=1S/C12H13N3O3/c1-2-3-10(16)15-9-5-7(11(13)17)4-8(6-9)12(14)18/h2-6H,1H3,(H2,13,17)(H2,14,18)(H,15,16)/b3-2+. The number of carbonyl (C=O) groups is 3. The molecule has 0 heterocycles. The minimum atomic E-state index is -0.709. The van der Waals surface area contributed by atoms with Crippen molar-refractivity contribution in [2.75, 3.05) is 5.32 Å². The number of hydrogen-bond acceptors (Lipinski definition) is 3. The molecule has 1 rings (SSSR count). The summed E-state index contributed by atoms with van der Waals surface area (Å²) in [5, 5.41) is 2.49. The highest BCUT2D eigenvalue weighted by atomic mass is 16.2. The smallest absolute Gasteiger partial charge is 0.248 e. The summed E-state index contributed by atoms with van der Waals surface area (Å²) in [6.07, 6.45) is 2.86. The van der Waals surface area contributed by atoms with Crippen molar-refractivity contribution < 1.29 is 14.4 Å². The summed E-state index contributed by atoms with van der Waals surface area (Å²) in [5.74, 6) is -1.80. The van der Waals surface area contributed by atoms with Crippen molar-refractivity contribution in [3.63, 3.8) is 0 Å². The van der Waals surface area contributed by atoms with Crippen molar-refractivity contribution in [1.82, 2.24) is 0 Å². The molecule has 0 saturated heterocycles. The second-order valence-corrected chi connectivity index (χ2v) is 3.52. The molecule has 18 heavy (non-hydrogen) atoms. The molecular formula is C12H13N3O3. The molecule has 3 amide bonds. The first kappa shape index (κ1) is 13.4. The number of nitrogens with one attached hydrogen (secondary N) is 1. The summed E-state index contributed by atoms with van der Waals surface area (Å²) >= 11 is 0. The third kappa shape index (κ3) is 3.44. The van der Waals surface area contributed by atoms with Gasteiger partial charge in [-0.3, -0.25) is 14.4 Å². The van der Waals surface area contributed by atoms with Gasteiger partial charge in [0, 0.05) is 16.8 Å². The van der Waals surface area contributed by atoms with Crippen LogP contribution in [0, 0.1) is 0 Å². The van der Waals surface area contributed by atoms with Crippen LogP contribution in [-0.2, 0) is 4.79 Å². The van der Waals surface area contributed by atoms with Crippen LogP contribution in [0.4, 0.5) is 5.69 Å². The maximum Gasteiger partial charge on any atom is 0.248 e. The summed E-state index contributed by atoms with van der Waals surface area (Å²) in [5.41, 5.74) is 10.7. The number of rotatable bonds is 4. The molecule has 0 spiro atoms. The minimum Gasteiger partial charge on any atom is -0.366 e.